The fourth-order valence-corrected chi connectivity index (χ4v) is 2.14. The maximum atomic E-state index is 11.4. The van der Waals surface area contributed by atoms with Gasteiger partial charge in [-0.25, -0.2) is 0 Å². The van der Waals surface area contributed by atoms with Gasteiger partial charge in [0.15, 0.2) is 0 Å². The zero-order valence-electron chi connectivity index (χ0n) is 12.7. The van der Waals surface area contributed by atoms with E-state index in [1.165, 1.54) is 0 Å². The number of rotatable bonds is 4. The lowest BCUT2D eigenvalue weighted by Gasteiger charge is -2.24. The Balaban J connectivity index is 0.000000211. The molecule has 1 aromatic carbocycles. The van der Waals surface area contributed by atoms with Crippen LogP contribution in [0, 0.1) is 5.92 Å². The number of carbonyl (C=O) groups is 2. The van der Waals surface area contributed by atoms with Crippen LogP contribution in [-0.2, 0) is 20.9 Å². The van der Waals surface area contributed by atoms with Crippen molar-refractivity contribution in [2.75, 3.05) is 27.2 Å². The minimum atomic E-state index is 0.270. The minimum absolute atomic E-state index is 0.270. The van der Waals surface area contributed by atoms with Gasteiger partial charge in [0.2, 0.25) is 5.91 Å². The molecular weight excluding hydrogens is 268 g/mol. The molecule has 21 heavy (non-hydrogen) atoms. The molecule has 1 N–H and O–H groups in total. The SMILES string of the molecule is CN(C)C(=O)C1CCNCC1.O=COCc1ccccc1. The molecule has 1 heterocycles. The van der Waals surface area contributed by atoms with Gasteiger partial charge < -0.3 is 15.0 Å². The maximum Gasteiger partial charge on any atom is 0.293 e. The monoisotopic (exact) mass is 292 g/mol. The number of carbonyl (C=O) groups excluding carboxylic acids is 2. The second kappa shape index (κ2) is 9.94. The average Bonchev–Trinajstić information content (AvgIpc) is 2.54. The molecule has 0 aromatic heterocycles. The van der Waals surface area contributed by atoms with Gasteiger partial charge in [-0.05, 0) is 31.5 Å². The lowest BCUT2D eigenvalue weighted by atomic mass is 9.97. The van der Waals surface area contributed by atoms with Crippen molar-refractivity contribution in [1.29, 1.82) is 0 Å². The predicted octanol–water partition coefficient (Wildman–Crippen LogP) is 1.43. The Morgan fingerprint density at radius 1 is 1.29 bits per heavy atom. The molecular formula is C16H24N2O3. The third kappa shape index (κ3) is 6.90. The molecule has 116 valence electrons. The average molecular weight is 292 g/mol. The number of hydrogen-bond donors (Lipinski definition) is 1. The second-order valence-corrected chi connectivity index (χ2v) is 5.15. The maximum absolute atomic E-state index is 11.4. The lowest BCUT2D eigenvalue weighted by molar-refractivity contribution is -0.133. The summed E-state index contributed by atoms with van der Waals surface area (Å²) in [6.07, 6.45) is 1.99. The Bertz CT molecular complexity index is 415. The van der Waals surface area contributed by atoms with E-state index in [1.54, 1.807) is 4.90 Å². The summed E-state index contributed by atoms with van der Waals surface area (Å²) in [7, 11) is 3.65. The summed E-state index contributed by atoms with van der Waals surface area (Å²) in [4.78, 5) is 22.8. The first-order valence-electron chi connectivity index (χ1n) is 7.16. The highest BCUT2D eigenvalue weighted by molar-refractivity contribution is 5.78. The Hall–Kier alpha value is -1.88. The molecule has 0 unspecified atom stereocenters. The van der Waals surface area contributed by atoms with Gasteiger partial charge in [-0.3, -0.25) is 9.59 Å². The second-order valence-electron chi connectivity index (χ2n) is 5.15. The Labute approximate surface area is 126 Å². The molecule has 1 aromatic rings. The fourth-order valence-electron chi connectivity index (χ4n) is 2.14. The van der Waals surface area contributed by atoms with Gasteiger partial charge in [0.25, 0.3) is 6.47 Å². The first-order valence-corrected chi connectivity index (χ1v) is 7.16. The van der Waals surface area contributed by atoms with Crippen molar-refractivity contribution in [3.63, 3.8) is 0 Å². The molecule has 2 rings (SSSR count). The lowest BCUT2D eigenvalue weighted by Crippen LogP contribution is -2.37. The first kappa shape index (κ1) is 17.2. The Morgan fingerprint density at radius 2 is 1.90 bits per heavy atom. The van der Waals surface area contributed by atoms with E-state index >= 15 is 0 Å². The third-order valence-corrected chi connectivity index (χ3v) is 3.29. The number of amides is 1. The van der Waals surface area contributed by atoms with Crippen molar-refractivity contribution in [2.45, 2.75) is 19.4 Å². The number of benzene rings is 1. The highest BCUT2D eigenvalue weighted by Gasteiger charge is 2.21. The van der Waals surface area contributed by atoms with Crippen LogP contribution >= 0.6 is 0 Å². The normalized spacial score (nSPS) is 14.6. The molecule has 0 atom stereocenters. The van der Waals surface area contributed by atoms with Crippen LogP contribution in [0.2, 0.25) is 0 Å². The molecule has 1 aliphatic rings. The van der Waals surface area contributed by atoms with Crippen molar-refractivity contribution in [3.05, 3.63) is 35.9 Å². The number of ether oxygens (including phenoxy) is 1. The van der Waals surface area contributed by atoms with Crippen LogP contribution in [0.15, 0.2) is 30.3 Å². The molecule has 0 radical (unpaired) electrons. The van der Waals surface area contributed by atoms with Crippen LogP contribution in [0.1, 0.15) is 18.4 Å². The Kier molecular flexibility index (Phi) is 8.12. The van der Waals surface area contributed by atoms with Gasteiger partial charge >= 0.3 is 0 Å². The highest BCUT2D eigenvalue weighted by Crippen LogP contribution is 2.13. The summed E-state index contributed by atoms with van der Waals surface area (Å²) >= 11 is 0. The van der Waals surface area contributed by atoms with E-state index in [1.807, 2.05) is 44.4 Å². The molecule has 0 saturated carbocycles. The van der Waals surface area contributed by atoms with Crippen molar-refractivity contribution in [1.82, 2.24) is 10.2 Å². The zero-order valence-corrected chi connectivity index (χ0v) is 12.7. The number of hydrogen-bond acceptors (Lipinski definition) is 4. The van der Waals surface area contributed by atoms with Gasteiger partial charge in [0.1, 0.15) is 6.61 Å². The number of nitrogens with zero attached hydrogens (tertiary/aromatic N) is 1. The summed E-state index contributed by atoms with van der Waals surface area (Å²) in [5.41, 5.74) is 1.01. The molecule has 1 aliphatic heterocycles. The summed E-state index contributed by atoms with van der Waals surface area (Å²) in [6.45, 7) is 2.80. The summed E-state index contributed by atoms with van der Waals surface area (Å²) < 4.78 is 4.54. The van der Waals surface area contributed by atoms with Gasteiger partial charge in [0, 0.05) is 20.0 Å². The van der Waals surface area contributed by atoms with Crippen molar-refractivity contribution in [3.8, 4) is 0 Å². The zero-order chi connectivity index (χ0) is 15.5. The Morgan fingerprint density at radius 3 is 2.43 bits per heavy atom. The van der Waals surface area contributed by atoms with Gasteiger partial charge in [-0.1, -0.05) is 30.3 Å². The molecule has 0 bridgehead atoms. The molecule has 0 spiro atoms. The van der Waals surface area contributed by atoms with Crippen molar-refractivity contribution in [2.24, 2.45) is 5.92 Å². The summed E-state index contributed by atoms with van der Waals surface area (Å²) in [5, 5.41) is 3.24. The predicted molar refractivity (Wildman–Crippen MR) is 81.6 cm³/mol. The van der Waals surface area contributed by atoms with E-state index in [0.717, 1.165) is 31.5 Å². The summed E-state index contributed by atoms with van der Waals surface area (Å²) in [5.74, 6) is 0.553. The van der Waals surface area contributed by atoms with E-state index < -0.39 is 0 Å². The molecule has 1 saturated heterocycles. The third-order valence-electron chi connectivity index (χ3n) is 3.29. The van der Waals surface area contributed by atoms with Gasteiger partial charge in [-0.2, -0.15) is 0 Å². The number of nitrogens with one attached hydrogen (secondary N) is 1. The van der Waals surface area contributed by atoms with Crippen LogP contribution in [0.25, 0.3) is 0 Å². The number of piperidine rings is 1. The molecule has 5 nitrogen and oxygen atoms in total. The van der Waals surface area contributed by atoms with Crippen LogP contribution in [0.4, 0.5) is 0 Å². The molecule has 1 amide bonds. The van der Waals surface area contributed by atoms with Crippen LogP contribution in [-0.4, -0.2) is 44.5 Å². The molecule has 0 aliphatic carbocycles. The van der Waals surface area contributed by atoms with Crippen molar-refractivity contribution < 1.29 is 14.3 Å². The quantitative estimate of drug-likeness (QED) is 0.853. The molecule has 5 heteroatoms. The van der Waals surface area contributed by atoms with E-state index in [4.69, 9.17) is 0 Å². The van der Waals surface area contributed by atoms with E-state index in [2.05, 4.69) is 10.1 Å². The summed E-state index contributed by atoms with van der Waals surface area (Å²) in [6, 6.07) is 9.55. The fraction of sp³-hybridized carbons (Fsp3) is 0.500. The topological polar surface area (TPSA) is 58.6 Å². The smallest absolute Gasteiger partial charge is 0.293 e. The minimum Gasteiger partial charge on any atom is -0.463 e. The standard InChI is InChI=1S/C8H16N2O.C8H8O2/c1-10(2)8(11)7-3-5-9-6-4-7;9-7-10-6-8-4-2-1-3-5-8/h7,9H,3-6H2,1-2H3;1-5,7H,6H2. The largest absolute Gasteiger partial charge is 0.463 e. The molecule has 1 fully saturated rings. The van der Waals surface area contributed by atoms with Crippen LogP contribution < -0.4 is 5.32 Å². The van der Waals surface area contributed by atoms with Crippen LogP contribution in [0.5, 0.6) is 0 Å². The van der Waals surface area contributed by atoms with E-state index in [0.29, 0.717) is 13.1 Å². The van der Waals surface area contributed by atoms with E-state index in [-0.39, 0.29) is 11.8 Å². The van der Waals surface area contributed by atoms with Gasteiger partial charge in [0.05, 0.1) is 0 Å². The highest BCUT2D eigenvalue weighted by atomic mass is 16.5. The van der Waals surface area contributed by atoms with Gasteiger partial charge in [-0.15, -0.1) is 0 Å². The first-order chi connectivity index (χ1) is 10.1. The van der Waals surface area contributed by atoms with Crippen LogP contribution in [0.3, 0.4) is 0 Å². The van der Waals surface area contributed by atoms with E-state index in [9.17, 15) is 9.59 Å². The van der Waals surface area contributed by atoms with Crippen molar-refractivity contribution >= 4 is 12.4 Å².